The fourth-order valence-electron chi connectivity index (χ4n) is 7.75. The number of rotatable bonds is 12. The Morgan fingerprint density at radius 1 is 0.362 bits per heavy atom. The summed E-state index contributed by atoms with van der Waals surface area (Å²) in [6, 6.07) is 64.9. The Hall–Kier alpha value is -4.80. The number of hydrogen-bond donors (Lipinski definition) is 0. The smallest absolute Gasteiger partial charge is 0.109 e. The molecule has 2 fully saturated rings. The van der Waals surface area contributed by atoms with Gasteiger partial charge in [0.25, 0.3) is 0 Å². The average Bonchev–Trinajstić information content (AvgIpc) is 4.10. The van der Waals surface area contributed by atoms with Gasteiger partial charge in [-0.2, -0.15) is 0 Å². The lowest BCUT2D eigenvalue weighted by Gasteiger charge is -2.48. The maximum Gasteiger partial charge on any atom is 0.109 e. The first-order valence-corrected chi connectivity index (χ1v) is 16.5. The van der Waals surface area contributed by atoms with Crippen LogP contribution in [0.15, 0.2) is 182 Å². The Morgan fingerprint density at radius 3 is 0.723 bits per heavy atom. The van der Waals surface area contributed by atoms with E-state index in [1.807, 2.05) is 0 Å². The van der Waals surface area contributed by atoms with Crippen molar-refractivity contribution in [2.75, 3.05) is 13.2 Å². The monoisotopic (exact) mass is 614 g/mol. The normalized spacial score (nSPS) is 18.6. The molecular weight excluding hydrogens is 576 g/mol. The molecule has 2 heterocycles. The summed E-state index contributed by atoms with van der Waals surface area (Å²) in [5.74, 6) is 0. The molecule has 2 aliphatic heterocycles. The topological polar surface area (TPSA) is 34.3 Å². The van der Waals surface area contributed by atoms with E-state index >= 15 is 0 Å². The van der Waals surface area contributed by atoms with Crippen LogP contribution >= 0.6 is 0 Å². The summed E-state index contributed by atoms with van der Waals surface area (Å²) in [6.07, 6.45) is -0.979. The fraction of sp³-hybridized carbons (Fsp3) is 0.182. The molecule has 0 amide bonds. The van der Waals surface area contributed by atoms with Crippen molar-refractivity contribution in [2.24, 2.45) is 0 Å². The second kappa shape index (κ2) is 12.8. The molecule has 4 atom stereocenters. The van der Waals surface area contributed by atoms with Crippen molar-refractivity contribution in [3.63, 3.8) is 0 Å². The van der Waals surface area contributed by atoms with Crippen molar-refractivity contribution in [3.05, 3.63) is 215 Å². The summed E-state index contributed by atoms with van der Waals surface area (Å²) in [5.41, 5.74) is 5.64. The zero-order valence-corrected chi connectivity index (χ0v) is 26.3. The second-order valence-corrected chi connectivity index (χ2v) is 12.5. The zero-order chi connectivity index (χ0) is 31.5. The van der Waals surface area contributed by atoms with Gasteiger partial charge >= 0.3 is 0 Å². The molecule has 232 valence electrons. The quantitative estimate of drug-likeness (QED) is 0.102. The summed E-state index contributed by atoms with van der Waals surface area (Å²) < 4.78 is 20.5. The highest BCUT2D eigenvalue weighted by atomic mass is 16.6. The van der Waals surface area contributed by atoms with Gasteiger partial charge in [-0.05, 0) is 33.4 Å². The molecule has 0 saturated carbocycles. The highest BCUT2D eigenvalue weighted by Gasteiger charge is 2.59. The molecule has 47 heavy (non-hydrogen) atoms. The Kier molecular flexibility index (Phi) is 8.04. The average molecular weight is 615 g/mol. The van der Waals surface area contributed by atoms with Crippen molar-refractivity contribution in [3.8, 4) is 0 Å². The van der Waals surface area contributed by atoms with Gasteiger partial charge in [0.2, 0.25) is 0 Å². The van der Waals surface area contributed by atoms with Crippen LogP contribution in [0, 0.1) is 0 Å². The highest BCUT2D eigenvalue weighted by Crippen LogP contribution is 2.52. The molecular formula is C44H38O3. The van der Waals surface area contributed by atoms with E-state index in [1.165, 1.54) is 0 Å². The Bertz CT molecular complexity index is 1520. The van der Waals surface area contributed by atoms with E-state index < -0.39 is 10.8 Å². The van der Waals surface area contributed by atoms with Crippen LogP contribution in [0.25, 0.3) is 0 Å². The fourth-order valence-corrected chi connectivity index (χ4v) is 7.75. The van der Waals surface area contributed by atoms with E-state index in [0.717, 1.165) is 33.4 Å². The van der Waals surface area contributed by atoms with Gasteiger partial charge in [-0.3, -0.25) is 0 Å². The number of hydrogen-bond acceptors (Lipinski definition) is 3. The third-order valence-electron chi connectivity index (χ3n) is 9.92. The summed E-state index contributed by atoms with van der Waals surface area (Å²) >= 11 is 0. The lowest BCUT2D eigenvalue weighted by atomic mass is 9.63. The maximum atomic E-state index is 7.91. The van der Waals surface area contributed by atoms with Crippen LogP contribution in [0.5, 0.6) is 0 Å². The molecule has 0 N–H and O–H groups in total. The van der Waals surface area contributed by atoms with Crippen LogP contribution in [0.2, 0.25) is 0 Å². The van der Waals surface area contributed by atoms with E-state index in [4.69, 9.17) is 14.2 Å². The van der Waals surface area contributed by atoms with Crippen LogP contribution < -0.4 is 0 Å². The molecule has 3 nitrogen and oxygen atoms in total. The Morgan fingerprint density at radius 2 is 0.553 bits per heavy atom. The van der Waals surface area contributed by atoms with Crippen molar-refractivity contribution in [1.82, 2.24) is 0 Å². The van der Waals surface area contributed by atoms with Crippen molar-refractivity contribution in [2.45, 2.75) is 35.2 Å². The van der Waals surface area contributed by atoms with Gasteiger partial charge in [0.15, 0.2) is 0 Å². The van der Waals surface area contributed by atoms with Crippen LogP contribution in [-0.2, 0) is 25.0 Å². The van der Waals surface area contributed by atoms with Gasteiger partial charge < -0.3 is 14.2 Å². The van der Waals surface area contributed by atoms with Crippen molar-refractivity contribution >= 4 is 0 Å². The molecule has 6 aromatic carbocycles. The van der Waals surface area contributed by atoms with Crippen LogP contribution in [0.4, 0.5) is 0 Å². The zero-order valence-electron chi connectivity index (χ0n) is 26.3. The van der Waals surface area contributed by atoms with Crippen LogP contribution in [0.3, 0.4) is 0 Å². The van der Waals surface area contributed by atoms with E-state index in [2.05, 4.69) is 182 Å². The highest BCUT2D eigenvalue weighted by molar-refractivity contribution is 5.55. The Balaban J connectivity index is 1.41. The number of ether oxygens (including phenoxy) is 3. The standard InChI is InChI=1S/C44H38O3/c1-7-19-33(20-8-1)43(34-21-9-2-10-22-34,35-23-11-3-12-24-35)41(39-31-45-39)47-42(40-32-46-40)44(36-25-13-4-14-26-36,37-27-15-5-16-28-37)38-29-17-6-18-30-38/h1-30,39-42H,31-32H2. The molecule has 2 aliphatic rings. The molecule has 0 radical (unpaired) electrons. The SMILES string of the molecule is c1ccc(C(c2ccccc2)(c2ccccc2)C(OC(C2CO2)C(c2ccccc2)(c2ccccc2)c2ccccc2)C2CO2)cc1. The van der Waals surface area contributed by atoms with Gasteiger partial charge in [0.1, 0.15) is 24.4 Å². The first-order chi connectivity index (χ1) is 23.3. The molecule has 8 rings (SSSR count). The predicted molar refractivity (Wildman–Crippen MR) is 187 cm³/mol. The molecule has 0 aliphatic carbocycles. The van der Waals surface area contributed by atoms with Crippen LogP contribution in [-0.4, -0.2) is 37.6 Å². The minimum Gasteiger partial charge on any atom is -0.370 e. The summed E-state index contributed by atoms with van der Waals surface area (Å²) in [5, 5.41) is 0. The maximum absolute atomic E-state index is 7.91. The second-order valence-electron chi connectivity index (χ2n) is 12.5. The van der Waals surface area contributed by atoms with Gasteiger partial charge in [-0.25, -0.2) is 0 Å². The first-order valence-electron chi connectivity index (χ1n) is 16.5. The predicted octanol–water partition coefficient (Wildman–Crippen LogP) is 8.61. The van der Waals surface area contributed by atoms with Crippen molar-refractivity contribution in [1.29, 1.82) is 0 Å². The van der Waals surface area contributed by atoms with Gasteiger partial charge in [0.05, 0.1) is 24.0 Å². The van der Waals surface area contributed by atoms with E-state index in [-0.39, 0.29) is 24.4 Å². The minimum absolute atomic E-state index is 0.114. The van der Waals surface area contributed by atoms with E-state index in [1.54, 1.807) is 0 Å². The lowest BCUT2D eigenvalue weighted by Crippen LogP contribution is -2.54. The lowest BCUT2D eigenvalue weighted by molar-refractivity contribution is -0.0805. The summed E-state index contributed by atoms with van der Waals surface area (Å²) in [7, 11) is 0. The minimum atomic E-state index is -0.673. The molecule has 3 heteroatoms. The molecule has 6 aromatic rings. The third-order valence-corrected chi connectivity index (χ3v) is 9.92. The summed E-state index contributed by atoms with van der Waals surface area (Å²) in [4.78, 5) is 0. The van der Waals surface area contributed by atoms with Crippen LogP contribution in [0.1, 0.15) is 33.4 Å². The van der Waals surface area contributed by atoms with E-state index in [0.29, 0.717) is 13.2 Å². The molecule has 2 saturated heterocycles. The Labute approximate surface area is 277 Å². The molecule has 0 aromatic heterocycles. The molecule has 0 bridgehead atoms. The van der Waals surface area contributed by atoms with Gasteiger partial charge in [0, 0.05) is 0 Å². The van der Waals surface area contributed by atoms with Gasteiger partial charge in [-0.1, -0.05) is 182 Å². The van der Waals surface area contributed by atoms with E-state index in [9.17, 15) is 0 Å². The molecule has 4 unspecified atom stereocenters. The first kappa shape index (κ1) is 29.6. The number of benzene rings is 6. The molecule has 0 spiro atoms. The third kappa shape index (κ3) is 5.31. The number of epoxide rings is 2. The largest absolute Gasteiger partial charge is 0.370 e. The van der Waals surface area contributed by atoms with Gasteiger partial charge in [-0.15, -0.1) is 0 Å². The summed E-state index contributed by atoms with van der Waals surface area (Å²) in [6.45, 7) is 1.26. The van der Waals surface area contributed by atoms with Crippen molar-refractivity contribution < 1.29 is 14.2 Å².